The summed E-state index contributed by atoms with van der Waals surface area (Å²) >= 11 is 0. The summed E-state index contributed by atoms with van der Waals surface area (Å²) in [5, 5.41) is 13.7. The molecule has 1 aliphatic rings. The third kappa shape index (κ3) is 6.31. The Morgan fingerprint density at radius 1 is 1.31 bits per heavy atom. The molecule has 156 valence electrons. The number of carbonyl (C=O) groups excluding carboxylic acids is 1. The molecular weight excluding hydrogens is 366 g/mol. The van der Waals surface area contributed by atoms with Crippen LogP contribution in [0, 0.1) is 6.92 Å². The number of esters is 1. The van der Waals surface area contributed by atoms with E-state index in [0.29, 0.717) is 32.5 Å². The van der Waals surface area contributed by atoms with Crippen LogP contribution in [-0.2, 0) is 22.4 Å². The zero-order valence-electron chi connectivity index (χ0n) is 17.3. The topological polar surface area (TPSA) is 67.8 Å². The summed E-state index contributed by atoms with van der Waals surface area (Å²) in [5.41, 5.74) is 4.42. The summed E-state index contributed by atoms with van der Waals surface area (Å²) in [5.74, 6) is 0.766. The number of hydrogen-bond acceptors (Lipinski definition) is 5. The second kappa shape index (κ2) is 10.4. The van der Waals surface area contributed by atoms with Gasteiger partial charge in [0, 0.05) is 19.5 Å². The minimum absolute atomic E-state index is 0.0950. The van der Waals surface area contributed by atoms with E-state index < -0.39 is 6.10 Å². The first kappa shape index (κ1) is 21.3. The molecule has 5 heteroatoms. The van der Waals surface area contributed by atoms with Gasteiger partial charge in [-0.1, -0.05) is 42.0 Å². The summed E-state index contributed by atoms with van der Waals surface area (Å²) in [6.45, 7) is 5.48. The normalized spacial score (nSPS) is 16.6. The number of fused-ring (bicyclic) bond motifs is 1. The van der Waals surface area contributed by atoms with Gasteiger partial charge in [0.15, 0.2) is 0 Å². The first-order valence-electron chi connectivity index (χ1n) is 10.4. The minimum atomic E-state index is -0.521. The van der Waals surface area contributed by atoms with E-state index in [0.717, 1.165) is 35.3 Å². The standard InChI is InChI=1S/C24H31NO4/c1-3-28-24(27)12-8-18-7-11-23-20(14-18)9-10-21(29-23)15-25-16-22(26)19-6-4-5-17(2)13-19/h4-7,11,13-14,21-22,25-26H,3,8-10,12,15-16H2,1-2H3. The average molecular weight is 398 g/mol. The molecule has 2 aromatic carbocycles. The van der Waals surface area contributed by atoms with Crippen LogP contribution in [0.2, 0.25) is 0 Å². The highest BCUT2D eigenvalue weighted by molar-refractivity contribution is 5.69. The molecule has 5 nitrogen and oxygen atoms in total. The zero-order valence-corrected chi connectivity index (χ0v) is 17.3. The fourth-order valence-electron chi connectivity index (χ4n) is 3.65. The summed E-state index contributed by atoms with van der Waals surface area (Å²) < 4.78 is 11.1. The smallest absolute Gasteiger partial charge is 0.306 e. The van der Waals surface area contributed by atoms with Crippen LogP contribution in [0.4, 0.5) is 0 Å². The van der Waals surface area contributed by atoms with Crippen molar-refractivity contribution in [2.75, 3.05) is 19.7 Å². The molecule has 0 radical (unpaired) electrons. The van der Waals surface area contributed by atoms with E-state index in [1.807, 2.05) is 50.2 Å². The van der Waals surface area contributed by atoms with E-state index in [1.165, 1.54) is 5.56 Å². The molecule has 2 N–H and O–H groups in total. The molecular formula is C24H31NO4. The highest BCUT2D eigenvalue weighted by Gasteiger charge is 2.20. The molecule has 0 fully saturated rings. The van der Waals surface area contributed by atoms with E-state index in [4.69, 9.17) is 9.47 Å². The van der Waals surface area contributed by atoms with Gasteiger partial charge in [-0.2, -0.15) is 0 Å². The number of nitrogens with one attached hydrogen (secondary N) is 1. The van der Waals surface area contributed by atoms with Crippen molar-refractivity contribution in [2.24, 2.45) is 0 Å². The second-order valence-electron chi connectivity index (χ2n) is 7.61. The Labute approximate surface area is 173 Å². The molecule has 0 amide bonds. The van der Waals surface area contributed by atoms with Crippen molar-refractivity contribution in [3.8, 4) is 5.75 Å². The Morgan fingerprint density at radius 2 is 2.17 bits per heavy atom. The number of ether oxygens (including phenoxy) is 2. The molecule has 2 aromatic rings. The number of aliphatic hydroxyl groups excluding tert-OH is 1. The third-order valence-corrected chi connectivity index (χ3v) is 5.21. The molecule has 0 saturated heterocycles. The predicted molar refractivity (Wildman–Crippen MR) is 113 cm³/mol. The quantitative estimate of drug-likeness (QED) is 0.634. The van der Waals surface area contributed by atoms with Gasteiger partial charge in [0.05, 0.1) is 12.7 Å². The lowest BCUT2D eigenvalue weighted by molar-refractivity contribution is -0.143. The Hall–Kier alpha value is -2.37. The number of carbonyl (C=O) groups is 1. The Kier molecular flexibility index (Phi) is 7.67. The number of hydrogen-bond donors (Lipinski definition) is 2. The van der Waals surface area contributed by atoms with Crippen molar-refractivity contribution < 1.29 is 19.4 Å². The third-order valence-electron chi connectivity index (χ3n) is 5.21. The van der Waals surface area contributed by atoms with Crippen LogP contribution in [0.25, 0.3) is 0 Å². The lowest BCUT2D eigenvalue weighted by Gasteiger charge is -2.27. The number of rotatable bonds is 9. The number of aliphatic hydroxyl groups is 1. The molecule has 0 saturated carbocycles. The van der Waals surface area contributed by atoms with Gasteiger partial charge < -0.3 is 19.9 Å². The molecule has 0 spiro atoms. The lowest BCUT2D eigenvalue weighted by Crippen LogP contribution is -2.36. The van der Waals surface area contributed by atoms with Crippen LogP contribution in [-0.4, -0.2) is 36.9 Å². The van der Waals surface area contributed by atoms with Crippen molar-refractivity contribution in [2.45, 2.75) is 51.7 Å². The Bertz CT molecular complexity index is 820. The van der Waals surface area contributed by atoms with E-state index >= 15 is 0 Å². The van der Waals surface area contributed by atoms with Crippen LogP contribution in [0.15, 0.2) is 42.5 Å². The van der Waals surface area contributed by atoms with Gasteiger partial charge in [-0.05, 0) is 55.9 Å². The highest BCUT2D eigenvalue weighted by Crippen LogP contribution is 2.29. The van der Waals surface area contributed by atoms with Gasteiger partial charge in [-0.15, -0.1) is 0 Å². The van der Waals surface area contributed by atoms with Gasteiger partial charge in [0.1, 0.15) is 11.9 Å². The van der Waals surface area contributed by atoms with E-state index in [1.54, 1.807) is 0 Å². The van der Waals surface area contributed by atoms with E-state index in [9.17, 15) is 9.90 Å². The lowest BCUT2D eigenvalue weighted by atomic mass is 9.98. The maximum Gasteiger partial charge on any atom is 0.306 e. The van der Waals surface area contributed by atoms with Crippen molar-refractivity contribution in [1.29, 1.82) is 0 Å². The maximum absolute atomic E-state index is 11.5. The van der Waals surface area contributed by atoms with Gasteiger partial charge in [-0.3, -0.25) is 4.79 Å². The van der Waals surface area contributed by atoms with E-state index in [2.05, 4.69) is 11.4 Å². The molecule has 29 heavy (non-hydrogen) atoms. The molecule has 0 bridgehead atoms. The van der Waals surface area contributed by atoms with Gasteiger partial charge in [-0.25, -0.2) is 0 Å². The van der Waals surface area contributed by atoms with Gasteiger partial charge in [0.2, 0.25) is 0 Å². The monoisotopic (exact) mass is 397 g/mol. The SMILES string of the molecule is CCOC(=O)CCc1ccc2c(c1)CCC(CNCC(O)c1cccc(C)c1)O2. The molecule has 3 rings (SSSR count). The number of aryl methyl sites for hydroxylation is 3. The van der Waals surface area contributed by atoms with Crippen molar-refractivity contribution in [3.63, 3.8) is 0 Å². The largest absolute Gasteiger partial charge is 0.489 e. The maximum atomic E-state index is 11.5. The summed E-state index contributed by atoms with van der Waals surface area (Å²) in [4.78, 5) is 11.5. The molecule has 1 aliphatic heterocycles. The van der Waals surface area contributed by atoms with Gasteiger partial charge >= 0.3 is 5.97 Å². The van der Waals surface area contributed by atoms with Crippen molar-refractivity contribution >= 4 is 5.97 Å². The van der Waals surface area contributed by atoms with E-state index in [-0.39, 0.29) is 12.1 Å². The molecule has 2 atom stereocenters. The molecule has 0 aliphatic carbocycles. The molecule has 1 heterocycles. The van der Waals surface area contributed by atoms with Crippen LogP contribution >= 0.6 is 0 Å². The van der Waals surface area contributed by atoms with Crippen LogP contribution < -0.4 is 10.1 Å². The van der Waals surface area contributed by atoms with Crippen molar-refractivity contribution in [3.05, 3.63) is 64.7 Å². The summed E-state index contributed by atoms with van der Waals surface area (Å²) in [6.07, 6.45) is 2.56. The average Bonchev–Trinajstić information content (AvgIpc) is 2.72. The Morgan fingerprint density at radius 3 is 2.97 bits per heavy atom. The fraction of sp³-hybridized carbons (Fsp3) is 0.458. The summed E-state index contributed by atoms with van der Waals surface area (Å²) in [7, 11) is 0. The van der Waals surface area contributed by atoms with Gasteiger partial charge in [0.25, 0.3) is 0 Å². The fourth-order valence-corrected chi connectivity index (χ4v) is 3.65. The van der Waals surface area contributed by atoms with Crippen LogP contribution in [0.3, 0.4) is 0 Å². The summed E-state index contributed by atoms with van der Waals surface area (Å²) in [6, 6.07) is 14.1. The second-order valence-corrected chi connectivity index (χ2v) is 7.61. The predicted octanol–water partition coefficient (Wildman–Crippen LogP) is 3.51. The van der Waals surface area contributed by atoms with Crippen LogP contribution in [0.1, 0.15) is 48.1 Å². The number of benzene rings is 2. The molecule has 2 unspecified atom stereocenters. The molecule has 0 aromatic heterocycles. The van der Waals surface area contributed by atoms with Crippen LogP contribution in [0.5, 0.6) is 5.75 Å². The Balaban J connectivity index is 1.45. The highest BCUT2D eigenvalue weighted by atomic mass is 16.5. The first-order chi connectivity index (χ1) is 14.0. The van der Waals surface area contributed by atoms with Crippen molar-refractivity contribution in [1.82, 2.24) is 5.32 Å². The minimum Gasteiger partial charge on any atom is -0.489 e. The zero-order chi connectivity index (χ0) is 20.6. The first-order valence-corrected chi connectivity index (χ1v) is 10.4.